The number of hydrogen-bond donors (Lipinski definition) is 1. The number of rotatable bonds is 4. The second-order valence-electron chi connectivity index (χ2n) is 5.47. The third kappa shape index (κ3) is 3.76. The number of nitrogens with one attached hydrogen (secondary N) is 1. The van der Waals surface area contributed by atoms with Gasteiger partial charge in [-0.05, 0) is 51.1 Å². The number of likely N-dealkylation sites (tertiary alicyclic amines) is 1. The van der Waals surface area contributed by atoms with Crippen molar-refractivity contribution in [2.24, 2.45) is 5.92 Å². The lowest BCUT2D eigenvalue weighted by Gasteiger charge is -2.27. The minimum absolute atomic E-state index is 0.824. The van der Waals surface area contributed by atoms with E-state index in [1.807, 2.05) is 0 Å². The molecule has 1 N–H and O–H groups in total. The molecule has 0 aromatic heterocycles. The van der Waals surface area contributed by atoms with Gasteiger partial charge in [-0.25, -0.2) is 0 Å². The van der Waals surface area contributed by atoms with E-state index in [1.54, 1.807) is 0 Å². The van der Waals surface area contributed by atoms with Crippen LogP contribution in [-0.4, -0.2) is 37.1 Å². The Labute approximate surface area is 94.4 Å². The largest absolute Gasteiger partial charge is 0.313 e. The van der Waals surface area contributed by atoms with Crippen molar-refractivity contribution < 1.29 is 0 Å². The number of hydrogen-bond acceptors (Lipinski definition) is 2. The maximum Gasteiger partial charge on any atom is 0.0107 e. The van der Waals surface area contributed by atoms with E-state index in [2.05, 4.69) is 17.1 Å². The first-order chi connectivity index (χ1) is 7.34. The first kappa shape index (κ1) is 11.4. The third-order valence-corrected chi connectivity index (χ3v) is 4.00. The molecule has 88 valence electrons. The van der Waals surface area contributed by atoms with Crippen LogP contribution in [-0.2, 0) is 0 Å². The summed E-state index contributed by atoms with van der Waals surface area (Å²) in [6.07, 6.45) is 8.52. The Morgan fingerprint density at radius 1 is 1.13 bits per heavy atom. The average molecular weight is 210 g/mol. The van der Waals surface area contributed by atoms with Crippen LogP contribution in [0.15, 0.2) is 0 Å². The van der Waals surface area contributed by atoms with Gasteiger partial charge < -0.3 is 10.2 Å². The van der Waals surface area contributed by atoms with Crippen molar-refractivity contribution in [3.05, 3.63) is 0 Å². The minimum Gasteiger partial charge on any atom is -0.313 e. The maximum absolute atomic E-state index is 3.72. The molecule has 0 bridgehead atoms. The van der Waals surface area contributed by atoms with Crippen molar-refractivity contribution in [1.29, 1.82) is 0 Å². The van der Waals surface area contributed by atoms with Crippen molar-refractivity contribution in [2.75, 3.05) is 26.2 Å². The molecule has 2 heteroatoms. The molecule has 2 nitrogen and oxygen atoms in total. The summed E-state index contributed by atoms with van der Waals surface area (Å²) in [4.78, 5) is 2.62. The molecule has 0 spiro atoms. The van der Waals surface area contributed by atoms with E-state index in [0.29, 0.717) is 0 Å². The highest BCUT2D eigenvalue weighted by Crippen LogP contribution is 2.24. The molecular formula is C13H26N2. The van der Waals surface area contributed by atoms with Gasteiger partial charge in [-0.2, -0.15) is 0 Å². The molecule has 0 aromatic carbocycles. The van der Waals surface area contributed by atoms with E-state index in [1.165, 1.54) is 64.7 Å². The molecule has 0 aromatic rings. The second-order valence-corrected chi connectivity index (χ2v) is 5.47. The van der Waals surface area contributed by atoms with Crippen molar-refractivity contribution >= 4 is 0 Å². The molecule has 2 rings (SSSR count). The van der Waals surface area contributed by atoms with Crippen LogP contribution >= 0.6 is 0 Å². The summed E-state index contributed by atoms with van der Waals surface area (Å²) in [5.41, 5.74) is 0. The van der Waals surface area contributed by atoms with E-state index >= 15 is 0 Å². The highest BCUT2D eigenvalue weighted by molar-refractivity contribution is 4.78. The molecule has 0 amide bonds. The fourth-order valence-electron chi connectivity index (χ4n) is 3.00. The van der Waals surface area contributed by atoms with Gasteiger partial charge in [0.2, 0.25) is 0 Å². The smallest absolute Gasteiger partial charge is 0.0107 e. The monoisotopic (exact) mass is 210 g/mol. The zero-order chi connectivity index (χ0) is 10.5. The SMILES string of the molecule is C[C@H]1CC[C@@H](NCCN2CCCCC2)C1. The molecule has 1 saturated carbocycles. The van der Waals surface area contributed by atoms with E-state index in [4.69, 9.17) is 0 Å². The standard InChI is InChI=1S/C13H26N2/c1-12-5-6-13(11-12)14-7-10-15-8-3-2-4-9-15/h12-14H,2-11H2,1H3/t12-,13+/m0/s1. The summed E-state index contributed by atoms with van der Waals surface area (Å²) in [6.45, 7) is 7.53. The first-order valence-corrected chi connectivity index (χ1v) is 6.80. The summed E-state index contributed by atoms with van der Waals surface area (Å²) in [5, 5.41) is 3.72. The predicted octanol–water partition coefficient (Wildman–Crippen LogP) is 2.25. The van der Waals surface area contributed by atoms with Crippen LogP contribution in [0.5, 0.6) is 0 Å². The normalized spacial score (nSPS) is 33.4. The zero-order valence-electron chi connectivity index (χ0n) is 10.2. The highest BCUT2D eigenvalue weighted by atomic mass is 15.1. The van der Waals surface area contributed by atoms with Crippen LogP contribution in [0.1, 0.15) is 45.4 Å². The van der Waals surface area contributed by atoms with E-state index in [0.717, 1.165) is 12.0 Å². The van der Waals surface area contributed by atoms with Crippen LogP contribution in [0.3, 0.4) is 0 Å². The first-order valence-electron chi connectivity index (χ1n) is 6.80. The molecule has 2 aliphatic rings. The molecule has 0 unspecified atom stereocenters. The quantitative estimate of drug-likeness (QED) is 0.765. The minimum atomic E-state index is 0.824. The Balaban J connectivity index is 1.54. The van der Waals surface area contributed by atoms with E-state index in [-0.39, 0.29) is 0 Å². The molecule has 1 aliphatic carbocycles. The van der Waals surface area contributed by atoms with Crippen LogP contribution in [0.2, 0.25) is 0 Å². The van der Waals surface area contributed by atoms with Gasteiger partial charge in [0.25, 0.3) is 0 Å². The van der Waals surface area contributed by atoms with E-state index in [9.17, 15) is 0 Å². The van der Waals surface area contributed by atoms with Gasteiger partial charge in [0, 0.05) is 19.1 Å². The van der Waals surface area contributed by atoms with Gasteiger partial charge in [0.15, 0.2) is 0 Å². The summed E-state index contributed by atoms with van der Waals surface area (Å²) < 4.78 is 0. The van der Waals surface area contributed by atoms with Crippen molar-refractivity contribution in [3.63, 3.8) is 0 Å². The fraction of sp³-hybridized carbons (Fsp3) is 1.00. The van der Waals surface area contributed by atoms with Gasteiger partial charge >= 0.3 is 0 Å². The van der Waals surface area contributed by atoms with Gasteiger partial charge in [-0.3, -0.25) is 0 Å². The Morgan fingerprint density at radius 3 is 2.60 bits per heavy atom. The average Bonchev–Trinajstić information content (AvgIpc) is 2.66. The second kappa shape index (κ2) is 5.86. The zero-order valence-corrected chi connectivity index (χ0v) is 10.2. The summed E-state index contributed by atoms with van der Waals surface area (Å²) in [5.74, 6) is 0.956. The van der Waals surface area contributed by atoms with Crippen molar-refractivity contribution in [2.45, 2.75) is 51.5 Å². The van der Waals surface area contributed by atoms with Crippen LogP contribution in [0, 0.1) is 5.92 Å². The van der Waals surface area contributed by atoms with Crippen LogP contribution in [0.25, 0.3) is 0 Å². The molecule has 0 radical (unpaired) electrons. The highest BCUT2D eigenvalue weighted by Gasteiger charge is 2.20. The fourth-order valence-corrected chi connectivity index (χ4v) is 3.00. The van der Waals surface area contributed by atoms with Gasteiger partial charge in [0.05, 0.1) is 0 Å². The Hall–Kier alpha value is -0.0800. The van der Waals surface area contributed by atoms with Gasteiger partial charge in [0.1, 0.15) is 0 Å². The Morgan fingerprint density at radius 2 is 1.93 bits per heavy atom. The van der Waals surface area contributed by atoms with Crippen molar-refractivity contribution in [3.8, 4) is 0 Å². The lowest BCUT2D eigenvalue weighted by molar-refractivity contribution is 0.226. The molecular weight excluding hydrogens is 184 g/mol. The molecule has 1 heterocycles. The van der Waals surface area contributed by atoms with E-state index < -0.39 is 0 Å². The number of piperidine rings is 1. The topological polar surface area (TPSA) is 15.3 Å². The van der Waals surface area contributed by atoms with Crippen molar-refractivity contribution in [1.82, 2.24) is 10.2 Å². The van der Waals surface area contributed by atoms with Gasteiger partial charge in [-0.1, -0.05) is 13.3 Å². The molecule has 1 saturated heterocycles. The van der Waals surface area contributed by atoms with Crippen LogP contribution < -0.4 is 5.32 Å². The maximum atomic E-state index is 3.72. The summed E-state index contributed by atoms with van der Waals surface area (Å²) in [6, 6.07) is 0.824. The Kier molecular flexibility index (Phi) is 4.45. The molecule has 1 aliphatic heterocycles. The predicted molar refractivity (Wildman–Crippen MR) is 65.1 cm³/mol. The lowest BCUT2D eigenvalue weighted by Crippen LogP contribution is -2.38. The molecule has 2 fully saturated rings. The summed E-state index contributed by atoms with van der Waals surface area (Å²) in [7, 11) is 0. The number of nitrogens with zero attached hydrogens (tertiary/aromatic N) is 1. The summed E-state index contributed by atoms with van der Waals surface area (Å²) >= 11 is 0. The molecule has 15 heavy (non-hydrogen) atoms. The Bertz CT molecular complexity index is 171. The third-order valence-electron chi connectivity index (χ3n) is 4.00. The lowest BCUT2D eigenvalue weighted by atomic mass is 10.1. The molecule has 2 atom stereocenters. The van der Waals surface area contributed by atoms with Gasteiger partial charge in [-0.15, -0.1) is 0 Å². The van der Waals surface area contributed by atoms with Crippen LogP contribution in [0.4, 0.5) is 0 Å².